The Balaban J connectivity index is 3.08. The number of hydrogen-bond acceptors (Lipinski definition) is 3. The van der Waals surface area contributed by atoms with E-state index in [9.17, 15) is 4.79 Å². The molecule has 0 aromatic rings. The summed E-state index contributed by atoms with van der Waals surface area (Å²) in [4.78, 5) is 11.9. The molecule has 0 aliphatic carbocycles. The minimum atomic E-state index is 0.698. The Morgan fingerprint density at radius 1 is 1.55 bits per heavy atom. The van der Waals surface area contributed by atoms with E-state index in [1.165, 1.54) is 0 Å². The predicted octanol–water partition coefficient (Wildman–Crippen LogP) is -0.689. The number of nitrogens with zero attached hydrogens (tertiary/aromatic N) is 1. The zero-order chi connectivity index (χ0) is 8.53. The summed E-state index contributed by atoms with van der Waals surface area (Å²) in [7, 11) is 3.67. The van der Waals surface area contributed by atoms with E-state index in [2.05, 4.69) is 10.2 Å². The Labute approximate surface area is 67.5 Å². The lowest BCUT2D eigenvalue weighted by Gasteiger charge is -2.14. The first-order chi connectivity index (χ1) is 5.31. The van der Waals surface area contributed by atoms with Gasteiger partial charge in [-0.3, -0.25) is 4.79 Å². The van der Waals surface area contributed by atoms with Gasteiger partial charge >= 0.3 is 0 Å². The van der Waals surface area contributed by atoms with Gasteiger partial charge in [0.05, 0.1) is 6.61 Å². The number of amides is 1. The number of rotatable bonds is 7. The summed E-state index contributed by atoms with van der Waals surface area (Å²) >= 11 is 0. The van der Waals surface area contributed by atoms with E-state index >= 15 is 0 Å². The molecule has 0 bridgehead atoms. The highest BCUT2D eigenvalue weighted by atomic mass is 16.5. The van der Waals surface area contributed by atoms with Crippen molar-refractivity contribution in [3.63, 3.8) is 0 Å². The van der Waals surface area contributed by atoms with Gasteiger partial charge in [-0.25, -0.2) is 0 Å². The monoisotopic (exact) mass is 160 g/mol. The molecule has 0 heterocycles. The molecule has 0 atom stereocenters. The Morgan fingerprint density at radius 2 is 2.27 bits per heavy atom. The van der Waals surface area contributed by atoms with Gasteiger partial charge in [0.15, 0.2) is 0 Å². The maximum absolute atomic E-state index is 9.85. The largest absolute Gasteiger partial charge is 0.383 e. The van der Waals surface area contributed by atoms with Crippen molar-refractivity contribution in [1.29, 1.82) is 0 Å². The second-order valence-electron chi connectivity index (χ2n) is 2.37. The molecule has 0 rings (SSSR count). The molecule has 4 nitrogen and oxygen atoms in total. The fraction of sp³-hybridized carbons (Fsp3) is 0.857. The van der Waals surface area contributed by atoms with Crippen LogP contribution in [0, 0.1) is 0 Å². The molecule has 0 aromatic heterocycles. The summed E-state index contributed by atoms with van der Waals surface area (Å²) in [5, 5.41) is 2.59. The molecule has 0 aliphatic heterocycles. The smallest absolute Gasteiger partial charge is 0.207 e. The average molecular weight is 160 g/mol. The van der Waals surface area contributed by atoms with Gasteiger partial charge < -0.3 is 15.0 Å². The predicted molar refractivity (Wildman–Crippen MR) is 43.4 cm³/mol. The fourth-order valence-corrected chi connectivity index (χ4v) is 0.673. The van der Waals surface area contributed by atoms with Crippen LogP contribution >= 0.6 is 0 Å². The van der Waals surface area contributed by atoms with Crippen molar-refractivity contribution in [3.8, 4) is 0 Å². The number of ether oxygens (including phenoxy) is 1. The van der Waals surface area contributed by atoms with E-state index in [-0.39, 0.29) is 0 Å². The molecule has 0 aromatic carbocycles. The first-order valence-electron chi connectivity index (χ1n) is 3.65. The molecular formula is C7H16N2O2. The van der Waals surface area contributed by atoms with Gasteiger partial charge in [0.1, 0.15) is 0 Å². The third-order valence-corrected chi connectivity index (χ3v) is 1.40. The molecule has 1 N–H and O–H groups in total. The summed E-state index contributed by atoms with van der Waals surface area (Å²) in [6, 6.07) is 0. The van der Waals surface area contributed by atoms with Crippen molar-refractivity contribution < 1.29 is 9.53 Å². The summed E-state index contributed by atoms with van der Waals surface area (Å²) in [6.07, 6.45) is 0.712. The van der Waals surface area contributed by atoms with Crippen molar-refractivity contribution in [2.75, 3.05) is 40.4 Å². The van der Waals surface area contributed by atoms with Crippen molar-refractivity contribution in [2.24, 2.45) is 0 Å². The lowest BCUT2D eigenvalue weighted by molar-refractivity contribution is -0.109. The summed E-state index contributed by atoms with van der Waals surface area (Å²) < 4.78 is 4.89. The van der Waals surface area contributed by atoms with Crippen LogP contribution < -0.4 is 5.32 Å². The summed E-state index contributed by atoms with van der Waals surface area (Å²) in [5.74, 6) is 0. The van der Waals surface area contributed by atoms with Crippen LogP contribution in [0.3, 0.4) is 0 Å². The Hall–Kier alpha value is -0.610. The van der Waals surface area contributed by atoms with Crippen LogP contribution in [0.25, 0.3) is 0 Å². The third-order valence-electron chi connectivity index (χ3n) is 1.40. The maximum Gasteiger partial charge on any atom is 0.207 e. The lowest BCUT2D eigenvalue weighted by atomic mass is 10.5. The minimum Gasteiger partial charge on any atom is -0.383 e. The highest BCUT2D eigenvalue weighted by Crippen LogP contribution is 1.79. The first-order valence-corrected chi connectivity index (χ1v) is 3.65. The van der Waals surface area contributed by atoms with Crippen LogP contribution in [0.2, 0.25) is 0 Å². The number of methoxy groups -OCH3 is 1. The van der Waals surface area contributed by atoms with Crippen molar-refractivity contribution in [2.45, 2.75) is 0 Å². The first kappa shape index (κ1) is 10.4. The van der Waals surface area contributed by atoms with E-state index in [0.29, 0.717) is 13.0 Å². The lowest BCUT2D eigenvalue weighted by Crippen LogP contribution is -2.30. The molecule has 0 aliphatic rings. The number of carbonyl (C=O) groups excluding carboxylic acids is 1. The van der Waals surface area contributed by atoms with Crippen molar-refractivity contribution in [1.82, 2.24) is 10.2 Å². The Kier molecular flexibility index (Phi) is 7.08. The molecule has 0 fully saturated rings. The van der Waals surface area contributed by atoms with Gasteiger partial charge in [-0.15, -0.1) is 0 Å². The molecule has 0 saturated carbocycles. The van der Waals surface area contributed by atoms with Crippen molar-refractivity contribution in [3.05, 3.63) is 0 Å². The van der Waals surface area contributed by atoms with Crippen LogP contribution in [0.4, 0.5) is 0 Å². The van der Waals surface area contributed by atoms with E-state index in [0.717, 1.165) is 19.7 Å². The molecule has 0 radical (unpaired) electrons. The van der Waals surface area contributed by atoms with E-state index in [1.54, 1.807) is 7.11 Å². The molecule has 4 heteroatoms. The second-order valence-corrected chi connectivity index (χ2v) is 2.37. The van der Waals surface area contributed by atoms with Crippen LogP contribution in [0.15, 0.2) is 0 Å². The average Bonchev–Trinajstić information content (AvgIpc) is 2.01. The van der Waals surface area contributed by atoms with Gasteiger partial charge in [0.2, 0.25) is 6.41 Å². The maximum atomic E-state index is 9.85. The third kappa shape index (κ3) is 7.29. The van der Waals surface area contributed by atoms with Crippen LogP contribution in [0.1, 0.15) is 0 Å². The second kappa shape index (κ2) is 7.50. The quantitative estimate of drug-likeness (QED) is 0.396. The highest BCUT2D eigenvalue weighted by molar-refractivity contribution is 5.45. The highest BCUT2D eigenvalue weighted by Gasteiger charge is 1.94. The molecule has 1 amide bonds. The van der Waals surface area contributed by atoms with Crippen LogP contribution in [0.5, 0.6) is 0 Å². The van der Waals surface area contributed by atoms with Gasteiger partial charge in [0.25, 0.3) is 0 Å². The van der Waals surface area contributed by atoms with Gasteiger partial charge in [-0.05, 0) is 7.05 Å². The minimum absolute atomic E-state index is 0.698. The van der Waals surface area contributed by atoms with Gasteiger partial charge in [-0.1, -0.05) is 0 Å². The Bertz CT molecular complexity index is 98.4. The molecule has 66 valence electrons. The van der Waals surface area contributed by atoms with E-state index < -0.39 is 0 Å². The fourth-order valence-electron chi connectivity index (χ4n) is 0.673. The zero-order valence-electron chi connectivity index (χ0n) is 7.17. The number of carbonyl (C=O) groups is 1. The number of likely N-dealkylation sites (N-methyl/N-ethyl adjacent to an activating group) is 1. The van der Waals surface area contributed by atoms with E-state index in [4.69, 9.17) is 4.74 Å². The number of nitrogens with one attached hydrogen (secondary N) is 1. The van der Waals surface area contributed by atoms with Crippen LogP contribution in [-0.2, 0) is 9.53 Å². The standard InChI is InChI=1S/C7H16N2O2/c1-9(5-6-11-2)4-3-8-7-10/h7H,3-6H2,1-2H3,(H,8,10). The molecular weight excluding hydrogens is 144 g/mol. The van der Waals surface area contributed by atoms with Gasteiger partial charge in [-0.2, -0.15) is 0 Å². The topological polar surface area (TPSA) is 41.6 Å². The molecule has 11 heavy (non-hydrogen) atoms. The molecule has 0 spiro atoms. The molecule has 0 saturated heterocycles. The summed E-state index contributed by atoms with van der Waals surface area (Å²) in [6.45, 7) is 3.19. The van der Waals surface area contributed by atoms with Gasteiger partial charge in [0, 0.05) is 26.7 Å². The zero-order valence-corrected chi connectivity index (χ0v) is 7.17. The normalized spacial score (nSPS) is 10.1. The Morgan fingerprint density at radius 3 is 2.82 bits per heavy atom. The number of hydrogen-bond donors (Lipinski definition) is 1. The summed E-state index contributed by atoms with van der Waals surface area (Å²) in [5.41, 5.74) is 0. The SMILES string of the molecule is COCCN(C)CCNC=O. The van der Waals surface area contributed by atoms with E-state index in [1.807, 2.05) is 7.05 Å². The van der Waals surface area contributed by atoms with Crippen molar-refractivity contribution >= 4 is 6.41 Å². The van der Waals surface area contributed by atoms with Crippen LogP contribution in [-0.4, -0.2) is 51.7 Å². The molecule has 0 unspecified atom stereocenters.